The van der Waals surface area contributed by atoms with Gasteiger partial charge in [-0.1, -0.05) is 6.42 Å². The molecule has 3 N–H and O–H groups in total. The molecule has 6 heteroatoms. The van der Waals surface area contributed by atoms with Crippen molar-refractivity contribution in [3.63, 3.8) is 0 Å². The van der Waals surface area contributed by atoms with Crippen LogP contribution < -0.4 is 5.32 Å². The second kappa shape index (κ2) is 7.97. The molecular weight excluding hydrogens is 321 g/mol. The molecule has 0 aliphatic carbocycles. The van der Waals surface area contributed by atoms with Gasteiger partial charge >= 0.3 is 0 Å². The van der Waals surface area contributed by atoms with Crippen LogP contribution in [0.15, 0.2) is 18.2 Å². The number of carbonyl (C=O) groups is 1. The smallest absolute Gasteiger partial charge is 0.224 e. The number of nitrogens with zero attached hydrogens (tertiary/aromatic N) is 1. The van der Waals surface area contributed by atoms with Crippen molar-refractivity contribution < 1.29 is 14.3 Å². The molecule has 1 amide bonds. The molecule has 0 bridgehead atoms. The number of hydrogen-bond acceptors (Lipinski definition) is 3. The molecule has 0 radical (unpaired) electrons. The highest BCUT2D eigenvalue weighted by molar-refractivity contribution is 5.90. The Bertz CT molecular complexity index is 744. The van der Waals surface area contributed by atoms with Gasteiger partial charge in [-0.2, -0.15) is 0 Å². The Kier molecular flexibility index (Phi) is 5.71. The lowest BCUT2D eigenvalue weighted by Crippen LogP contribution is -2.45. The van der Waals surface area contributed by atoms with E-state index in [1.807, 2.05) is 6.92 Å². The van der Waals surface area contributed by atoms with E-state index >= 15 is 0 Å². The van der Waals surface area contributed by atoms with E-state index in [1.165, 1.54) is 12.1 Å². The summed E-state index contributed by atoms with van der Waals surface area (Å²) < 4.78 is 13.5. The maximum Gasteiger partial charge on any atom is 0.224 e. The topological polar surface area (TPSA) is 68.4 Å². The minimum atomic E-state index is -0.298. The summed E-state index contributed by atoms with van der Waals surface area (Å²) in [6, 6.07) is 4.80. The van der Waals surface area contributed by atoms with Gasteiger partial charge in [-0.15, -0.1) is 0 Å². The fourth-order valence-corrected chi connectivity index (χ4v) is 3.71. The van der Waals surface area contributed by atoms with Crippen LogP contribution in [0.4, 0.5) is 4.39 Å². The van der Waals surface area contributed by atoms with Crippen LogP contribution in [-0.4, -0.2) is 53.2 Å². The van der Waals surface area contributed by atoms with Crippen molar-refractivity contribution in [2.75, 3.05) is 26.2 Å². The molecule has 25 heavy (non-hydrogen) atoms. The van der Waals surface area contributed by atoms with Crippen molar-refractivity contribution in [3.8, 4) is 0 Å². The lowest BCUT2D eigenvalue weighted by molar-refractivity contribution is -0.120. The summed E-state index contributed by atoms with van der Waals surface area (Å²) in [6.07, 6.45) is 3.55. The number of aromatic nitrogens is 1. The largest absolute Gasteiger partial charge is 0.395 e. The lowest BCUT2D eigenvalue weighted by Gasteiger charge is -2.34. The molecular formula is C19H26FN3O2. The van der Waals surface area contributed by atoms with E-state index in [9.17, 15) is 14.3 Å². The van der Waals surface area contributed by atoms with E-state index in [0.717, 1.165) is 54.5 Å². The molecule has 2 aromatic rings. The molecule has 2 heterocycles. The zero-order valence-corrected chi connectivity index (χ0v) is 14.6. The van der Waals surface area contributed by atoms with Crippen molar-refractivity contribution >= 4 is 16.8 Å². The number of aryl methyl sites for hydroxylation is 1. The van der Waals surface area contributed by atoms with Gasteiger partial charge in [0, 0.05) is 35.7 Å². The van der Waals surface area contributed by atoms with Crippen molar-refractivity contribution in [1.29, 1.82) is 0 Å². The van der Waals surface area contributed by atoms with Crippen molar-refractivity contribution in [2.45, 2.75) is 38.6 Å². The Hall–Kier alpha value is -1.92. The van der Waals surface area contributed by atoms with Crippen LogP contribution in [0.1, 0.15) is 30.5 Å². The highest BCUT2D eigenvalue weighted by Crippen LogP contribution is 2.23. The Balaban J connectivity index is 1.56. The number of H-pyrrole nitrogens is 1. The molecule has 3 rings (SSSR count). The predicted molar refractivity (Wildman–Crippen MR) is 96.0 cm³/mol. The van der Waals surface area contributed by atoms with E-state index in [-0.39, 0.29) is 30.8 Å². The van der Waals surface area contributed by atoms with E-state index in [2.05, 4.69) is 15.2 Å². The van der Waals surface area contributed by atoms with E-state index < -0.39 is 0 Å². The lowest BCUT2D eigenvalue weighted by atomic mass is 10.0. The van der Waals surface area contributed by atoms with Gasteiger partial charge in [0.05, 0.1) is 13.0 Å². The predicted octanol–water partition coefficient (Wildman–Crippen LogP) is 2.12. The zero-order valence-electron chi connectivity index (χ0n) is 14.6. The quantitative estimate of drug-likeness (QED) is 0.750. The van der Waals surface area contributed by atoms with Gasteiger partial charge in [0.15, 0.2) is 0 Å². The number of benzene rings is 1. The number of hydrogen-bond donors (Lipinski definition) is 3. The SMILES string of the molecule is Cc1[nH]c2ccc(F)cc2c1CC(=O)NCCN1CCCC[C@@H]1CO. The Morgan fingerprint density at radius 2 is 2.28 bits per heavy atom. The highest BCUT2D eigenvalue weighted by Gasteiger charge is 2.21. The summed E-state index contributed by atoms with van der Waals surface area (Å²) in [5.41, 5.74) is 2.59. The van der Waals surface area contributed by atoms with Gasteiger partial charge < -0.3 is 15.4 Å². The molecule has 5 nitrogen and oxygen atoms in total. The number of aliphatic hydroxyl groups is 1. The minimum absolute atomic E-state index is 0.0641. The number of rotatable bonds is 6. The Labute approximate surface area is 147 Å². The molecule has 1 aliphatic rings. The first-order valence-electron chi connectivity index (χ1n) is 8.97. The number of carbonyl (C=O) groups excluding carboxylic acids is 1. The molecule has 1 aromatic heterocycles. The molecule has 1 saturated heterocycles. The first-order valence-corrected chi connectivity index (χ1v) is 8.97. The van der Waals surface area contributed by atoms with Crippen LogP contribution in [0.2, 0.25) is 0 Å². The Morgan fingerprint density at radius 3 is 3.08 bits per heavy atom. The zero-order chi connectivity index (χ0) is 17.8. The van der Waals surface area contributed by atoms with Gasteiger partial charge in [-0.05, 0) is 50.1 Å². The highest BCUT2D eigenvalue weighted by atomic mass is 19.1. The van der Waals surface area contributed by atoms with Crippen LogP contribution in [0, 0.1) is 12.7 Å². The molecule has 1 aromatic carbocycles. The van der Waals surface area contributed by atoms with Gasteiger partial charge in [-0.25, -0.2) is 4.39 Å². The average molecular weight is 347 g/mol. The van der Waals surface area contributed by atoms with Gasteiger partial charge in [0.25, 0.3) is 0 Å². The maximum atomic E-state index is 13.5. The number of amides is 1. The van der Waals surface area contributed by atoms with Crippen molar-refractivity contribution in [3.05, 3.63) is 35.3 Å². The monoisotopic (exact) mass is 347 g/mol. The molecule has 1 fully saturated rings. The molecule has 0 saturated carbocycles. The number of aromatic amines is 1. The number of fused-ring (bicyclic) bond motifs is 1. The number of halogens is 1. The third kappa shape index (κ3) is 4.19. The first kappa shape index (κ1) is 17.9. The normalized spacial score (nSPS) is 18.6. The fraction of sp³-hybridized carbons (Fsp3) is 0.526. The Morgan fingerprint density at radius 1 is 1.44 bits per heavy atom. The fourth-order valence-electron chi connectivity index (χ4n) is 3.71. The molecule has 136 valence electrons. The van der Waals surface area contributed by atoms with Gasteiger partial charge in [0.1, 0.15) is 5.82 Å². The van der Waals surface area contributed by atoms with E-state index in [1.54, 1.807) is 6.07 Å². The minimum Gasteiger partial charge on any atom is -0.395 e. The van der Waals surface area contributed by atoms with Gasteiger partial charge in [0.2, 0.25) is 5.91 Å². The third-order valence-corrected chi connectivity index (χ3v) is 5.10. The van der Waals surface area contributed by atoms with E-state index in [0.29, 0.717) is 6.54 Å². The molecule has 1 atom stereocenters. The van der Waals surface area contributed by atoms with Crippen molar-refractivity contribution in [1.82, 2.24) is 15.2 Å². The van der Waals surface area contributed by atoms with E-state index in [4.69, 9.17) is 0 Å². The molecule has 1 aliphatic heterocycles. The molecule has 0 unspecified atom stereocenters. The number of aliphatic hydroxyl groups excluding tert-OH is 1. The van der Waals surface area contributed by atoms with Crippen LogP contribution in [0.25, 0.3) is 10.9 Å². The van der Waals surface area contributed by atoms with Crippen LogP contribution in [0.3, 0.4) is 0 Å². The average Bonchev–Trinajstić information content (AvgIpc) is 2.90. The summed E-state index contributed by atoms with van der Waals surface area (Å²) in [5, 5.41) is 13.1. The number of likely N-dealkylation sites (tertiary alicyclic amines) is 1. The summed E-state index contributed by atoms with van der Waals surface area (Å²) in [4.78, 5) is 17.7. The van der Waals surface area contributed by atoms with Gasteiger partial charge in [-0.3, -0.25) is 9.69 Å². The third-order valence-electron chi connectivity index (χ3n) is 5.10. The number of nitrogens with one attached hydrogen (secondary N) is 2. The first-order chi connectivity index (χ1) is 12.1. The summed E-state index contributed by atoms with van der Waals surface area (Å²) >= 11 is 0. The summed E-state index contributed by atoms with van der Waals surface area (Å²) in [7, 11) is 0. The van der Waals surface area contributed by atoms with Crippen LogP contribution in [0.5, 0.6) is 0 Å². The second-order valence-corrected chi connectivity index (χ2v) is 6.81. The van der Waals surface area contributed by atoms with Crippen molar-refractivity contribution in [2.24, 2.45) is 0 Å². The maximum absolute atomic E-state index is 13.5. The standard InChI is InChI=1S/C19H26FN3O2/c1-13-16(17-10-14(20)5-6-18(17)22-13)11-19(25)21-7-9-23-8-3-2-4-15(23)12-24/h5-6,10,15,22,24H,2-4,7-9,11-12H2,1H3,(H,21,25)/t15-/m1/s1. The summed E-state index contributed by atoms with van der Waals surface area (Å²) in [5.74, 6) is -0.362. The summed E-state index contributed by atoms with van der Waals surface area (Å²) in [6.45, 7) is 4.36. The number of piperidine rings is 1. The molecule has 0 spiro atoms. The second-order valence-electron chi connectivity index (χ2n) is 6.81. The van der Waals surface area contributed by atoms with Crippen LogP contribution >= 0.6 is 0 Å². The van der Waals surface area contributed by atoms with Crippen LogP contribution in [-0.2, 0) is 11.2 Å².